The topological polar surface area (TPSA) is 33.2 Å². The van der Waals surface area contributed by atoms with Crippen LogP contribution in [0.2, 0.25) is 0 Å². The quantitative estimate of drug-likeness (QED) is 0.707. The van der Waals surface area contributed by atoms with Crippen molar-refractivity contribution >= 4 is 11.6 Å². The Labute approximate surface area is 142 Å². The van der Waals surface area contributed by atoms with Crippen molar-refractivity contribution in [3.8, 4) is 0 Å². The number of benzene rings is 2. The Kier molecular flexibility index (Phi) is 4.71. The van der Waals surface area contributed by atoms with Gasteiger partial charge in [0.05, 0.1) is 6.54 Å². The monoisotopic (exact) mass is 316 g/mol. The van der Waals surface area contributed by atoms with Gasteiger partial charge in [-0.1, -0.05) is 42.5 Å². The molecule has 0 fully saturated rings. The number of carbonyl (C=O) groups excluding carboxylic acids is 1. The normalized spacial score (nSPS) is 10.4. The molecule has 3 heteroatoms. The average molecular weight is 316 g/mol. The van der Waals surface area contributed by atoms with E-state index < -0.39 is 0 Å². The number of hydrogen-bond acceptors (Lipinski definition) is 2. The molecule has 0 atom stereocenters. The zero-order valence-corrected chi connectivity index (χ0v) is 13.9. The maximum atomic E-state index is 13.2. The van der Waals surface area contributed by atoms with E-state index in [4.69, 9.17) is 0 Å². The molecule has 3 aromatic rings. The second-order valence-electron chi connectivity index (χ2n) is 5.91. The molecule has 0 saturated carbocycles. The van der Waals surface area contributed by atoms with Crippen LogP contribution in [0.15, 0.2) is 73.1 Å². The molecule has 0 radical (unpaired) electrons. The number of aryl methyl sites for hydroxylation is 2. The molecule has 0 saturated heterocycles. The number of anilines is 1. The van der Waals surface area contributed by atoms with E-state index in [0.29, 0.717) is 12.1 Å². The number of aromatic nitrogens is 1. The molecule has 2 aromatic carbocycles. The predicted octanol–water partition coefficient (Wildman–Crippen LogP) is 4.55. The van der Waals surface area contributed by atoms with E-state index in [1.807, 2.05) is 73.3 Å². The predicted molar refractivity (Wildman–Crippen MR) is 97.1 cm³/mol. The second kappa shape index (κ2) is 7.09. The van der Waals surface area contributed by atoms with Gasteiger partial charge < -0.3 is 4.90 Å². The third kappa shape index (κ3) is 3.51. The highest BCUT2D eigenvalue weighted by Gasteiger charge is 2.19. The van der Waals surface area contributed by atoms with Crippen LogP contribution in [-0.4, -0.2) is 10.9 Å². The molecule has 0 N–H and O–H groups in total. The molecule has 24 heavy (non-hydrogen) atoms. The number of pyridine rings is 1. The first kappa shape index (κ1) is 15.9. The third-order valence-electron chi connectivity index (χ3n) is 3.99. The molecule has 0 bridgehead atoms. The third-order valence-corrected chi connectivity index (χ3v) is 3.99. The lowest BCUT2D eigenvalue weighted by Gasteiger charge is -2.24. The first-order valence-electron chi connectivity index (χ1n) is 7.98. The summed E-state index contributed by atoms with van der Waals surface area (Å²) in [7, 11) is 0. The molecule has 0 aliphatic rings. The largest absolute Gasteiger partial charge is 0.304 e. The van der Waals surface area contributed by atoms with E-state index in [2.05, 4.69) is 4.98 Å². The summed E-state index contributed by atoms with van der Waals surface area (Å²) in [5, 5.41) is 0. The highest BCUT2D eigenvalue weighted by molar-refractivity contribution is 6.06. The summed E-state index contributed by atoms with van der Waals surface area (Å²) in [6.45, 7) is 4.48. The summed E-state index contributed by atoms with van der Waals surface area (Å²) in [6.07, 6.45) is 3.39. The first-order valence-corrected chi connectivity index (χ1v) is 7.98. The van der Waals surface area contributed by atoms with Crippen molar-refractivity contribution in [3.05, 3.63) is 95.3 Å². The van der Waals surface area contributed by atoms with Gasteiger partial charge in [-0.15, -0.1) is 0 Å². The van der Waals surface area contributed by atoms with E-state index in [-0.39, 0.29) is 5.91 Å². The molecule has 120 valence electrons. The molecule has 1 heterocycles. The fraction of sp³-hybridized carbons (Fsp3) is 0.143. The lowest BCUT2D eigenvalue weighted by atomic mass is 10.1. The number of rotatable bonds is 4. The van der Waals surface area contributed by atoms with Gasteiger partial charge in [0.1, 0.15) is 0 Å². The van der Waals surface area contributed by atoms with Crippen molar-refractivity contribution in [2.24, 2.45) is 0 Å². The standard InChI is InChI=1S/C21H20N2O/c1-16-7-6-10-19(13-16)23(15-18-8-4-3-5-9-18)21(24)20-11-12-22-14-17(20)2/h3-14H,15H2,1-2H3. The molecule has 0 aliphatic heterocycles. The number of hydrogen-bond donors (Lipinski definition) is 0. The van der Waals surface area contributed by atoms with Gasteiger partial charge in [0.25, 0.3) is 5.91 Å². The van der Waals surface area contributed by atoms with Crippen LogP contribution >= 0.6 is 0 Å². The Hall–Kier alpha value is -2.94. The lowest BCUT2D eigenvalue weighted by Crippen LogP contribution is -2.31. The molecule has 0 unspecified atom stereocenters. The summed E-state index contributed by atoms with van der Waals surface area (Å²) in [5.41, 5.74) is 4.69. The van der Waals surface area contributed by atoms with E-state index in [1.54, 1.807) is 18.5 Å². The van der Waals surface area contributed by atoms with Crippen molar-refractivity contribution < 1.29 is 4.79 Å². The van der Waals surface area contributed by atoms with E-state index in [1.165, 1.54) is 0 Å². The highest BCUT2D eigenvalue weighted by atomic mass is 16.2. The maximum absolute atomic E-state index is 13.2. The van der Waals surface area contributed by atoms with Crippen LogP contribution in [-0.2, 0) is 6.54 Å². The summed E-state index contributed by atoms with van der Waals surface area (Å²) in [5.74, 6) is -0.00986. The van der Waals surface area contributed by atoms with Crippen LogP contribution in [0.4, 0.5) is 5.69 Å². The van der Waals surface area contributed by atoms with Gasteiger partial charge in [0.2, 0.25) is 0 Å². The van der Waals surface area contributed by atoms with E-state index >= 15 is 0 Å². The Morgan fingerprint density at radius 3 is 2.50 bits per heavy atom. The first-order chi connectivity index (χ1) is 11.6. The second-order valence-corrected chi connectivity index (χ2v) is 5.91. The Morgan fingerprint density at radius 1 is 1.00 bits per heavy atom. The average Bonchev–Trinajstić information content (AvgIpc) is 2.60. The number of carbonyl (C=O) groups is 1. The van der Waals surface area contributed by atoms with Gasteiger partial charge >= 0.3 is 0 Å². The molecule has 0 spiro atoms. The van der Waals surface area contributed by atoms with Crippen LogP contribution in [0.5, 0.6) is 0 Å². The smallest absolute Gasteiger partial charge is 0.258 e. The van der Waals surface area contributed by atoms with Gasteiger partial charge in [-0.25, -0.2) is 0 Å². The summed E-state index contributed by atoms with van der Waals surface area (Å²) in [6, 6.07) is 19.9. The van der Waals surface area contributed by atoms with Crippen molar-refractivity contribution in [2.75, 3.05) is 4.90 Å². The fourth-order valence-electron chi connectivity index (χ4n) is 2.70. The molecule has 1 aromatic heterocycles. The van der Waals surface area contributed by atoms with Gasteiger partial charge in [-0.05, 0) is 48.7 Å². The van der Waals surface area contributed by atoms with Crippen LogP contribution < -0.4 is 4.90 Å². The minimum Gasteiger partial charge on any atom is -0.304 e. The summed E-state index contributed by atoms with van der Waals surface area (Å²) >= 11 is 0. The van der Waals surface area contributed by atoms with E-state index in [9.17, 15) is 4.79 Å². The van der Waals surface area contributed by atoms with Gasteiger partial charge in [-0.2, -0.15) is 0 Å². The minimum atomic E-state index is -0.00986. The van der Waals surface area contributed by atoms with Crippen LogP contribution in [0.25, 0.3) is 0 Å². The van der Waals surface area contributed by atoms with Crippen molar-refractivity contribution in [3.63, 3.8) is 0 Å². The van der Waals surface area contributed by atoms with Crippen molar-refractivity contribution in [1.29, 1.82) is 0 Å². The molecule has 0 aliphatic carbocycles. The highest BCUT2D eigenvalue weighted by Crippen LogP contribution is 2.22. The van der Waals surface area contributed by atoms with Crippen molar-refractivity contribution in [1.82, 2.24) is 4.98 Å². The lowest BCUT2D eigenvalue weighted by molar-refractivity contribution is 0.0984. The van der Waals surface area contributed by atoms with Gasteiger partial charge in [0.15, 0.2) is 0 Å². The Morgan fingerprint density at radius 2 is 1.79 bits per heavy atom. The maximum Gasteiger partial charge on any atom is 0.258 e. The number of amides is 1. The zero-order valence-electron chi connectivity index (χ0n) is 13.9. The van der Waals surface area contributed by atoms with Gasteiger partial charge in [0, 0.05) is 23.6 Å². The molecular weight excluding hydrogens is 296 g/mol. The Balaban J connectivity index is 2.01. The van der Waals surface area contributed by atoms with Gasteiger partial charge in [-0.3, -0.25) is 9.78 Å². The van der Waals surface area contributed by atoms with Crippen molar-refractivity contribution in [2.45, 2.75) is 20.4 Å². The van der Waals surface area contributed by atoms with Crippen LogP contribution in [0, 0.1) is 13.8 Å². The SMILES string of the molecule is Cc1cccc(N(Cc2ccccc2)C(=O)c2ccncc2C)c1. The molecular formula is C21H20N2O. The zero-order chi connectivity index (χ0) is 16.9. The molecule has 3 rings (SSSR count). The summed E-state index contributed by atoms with van der Waals surface area (Å²) in [4.78, 5) is 19.1. The van der Waals surface area contributed by atoms with E-state index in [0.717, 1.165) is 22.4 Å². The minimum absolute atomic E-state index is 0.00986. The molecule has 3 nitrogen and oxygen atoms in total. The van der Waals surface area contributed by atoms with Crippen LogP contribution in [0.3, 0.4) is 0 Å². The summed E-state index contributed by atoms with van der Waals surface area (Å²) < 4.78 is 0. The fourth-order valence-corrected chi connectivity index (χ4v) is 2.70. The Bertz CT molecular complexity index is 843. The molecule has 1 amide bonds. The number of nitrogens with zero attached hydrogens (tertiary/aromatic N) is 2. The van der Waals surface area contributed by atoms with Crippen LogP contribution in [0.1, 0.15) is 27.0 Å².